The monoisotopic (exact) mass is 216 g/mol. The van der Waals surface area contributed by atoms with E-state index in [9.17, 15) is 13.9 Å². The topological polar surface area (TPSA) is 29.5 Å². The van der Waals surface area contributed by atoms with E-state index in [1.807, 2.05) is 0 Å². The molecule has 0 unspecified atom stereocenters. The average molecular weight is 216 g/mol. The molecule has 0 radical (unpaired) electrons. The van der Waals surface area contributed by atoms with Crippen LogP contribution in [0.15, 0.2) is 24.3 Å². The molecule has 1 aromatic carbocycles. The molecule has 0 fully saturated rings. The largest absolute Gasteiger partial charge is 0.435 e. The SMILES string of the molecule is CC(C)(O)Cc1ccc(OC(F)F)cc1. The molecule has 1 N–H and O–H groups in total. The number of hydrogen-bond donors (Lipinski definition) is 1. The van der Waals surface area contributed by atoms with Crippen LogP contribution in [-0.4, -0.2) is 17.3 Å². The molecular formula is C11H14F2O2. The summed E-state index contributed by atoms with van der Waals surface area (Å²) in [4.78, 5) is 0. The van der Waals surface area contributed by atoms with Gasteiger partial charge in [-0.1, -0.05) is 12.1 Å². The van der Waals surface area contributed by atoms with E-state index in [-0.39, 0.29) is 5.75 Å². The van der Waals surface area contributed by atoms with E-state index in [0.717, 1.165) is 5.56 Å². The summed E-state index contributed by atoms with van der Waals surface area (Å²) in [6.07, 6.45) is 0.474. The van der Waals surface area contributed by atoms with Crippen LogP contribution in [0.1, 0.15) is 19.4 Å². The van der Waals surface area contributed by atoms with Crippen molar-refractivity contribution in [1.29, 1.82) is 0 Å². The van der Waals surface area contributed by atoms with Gasteiger partial charge in [-0.2, -0.15) is 8.78 Å². The molecule has 1 rings (SSSR count). The Morgan fingerprint density at radius 3 is 2.20 bits per heavy atom. The molecule has 0 spiro atoms. The van der Waals surface area contributed by atoms with Gasteiger partial charge in [0.1, 0.15) is 5.75 Å². The molecule has 0 heterocycles. The Hall–Kier alpha value is -1.16. The lowest BCUT2D eigenvalue weighted by Crippen LogP contribution is -2.21. The Kier molecular flexibility index (Phi) is 3.63. The lowest BCUT2D eigenvalue weighted by atomic mass is 9.99. The number of aliphatic hydroxyl groups is 1. The van der Waals surface area contributed by atoms with Crippen LogP contribution >= 0.6 is 0 Å². The summed E-state index contributed by atoms with van der Waals surface area (Å²) in [5.74, 6) is 0.129. The van der Waals surface area contributed by atoms with Gasteiger partial charge in [-0.25, -0.2) is 0 Å². The molecule has 84 valence electrons. The number of hydrogen-bond acceptors (Lipinski definition) is 2. The van der Waals surface area contributed by atoms with Crippen LogP contribution in [0.4, 0.5) is 8.78 Å². The molecular weight excluding hydrogens is 202 g/mol. The van der Waals surface area contributed by atoms with Crippen LogP contribution in [0.5, 0.6) is 5.75 Å². The summed E-state index contributed by atoms with van der Waals surface area (Å²) in [7, 11) is 0. The van der Waals surface area contributed by atoms with Crippen LogP contribution in [0.25, 0.3) is 0 Å². The van der Waals surface area contributed by atoms with Crippen molar-refractivity contribution in [2.45, 2.75) is 32.5 Å². The first-order valence-electron chi connectivity index (χ1n) is 4.63. The Morgan fingerprint density at radius 1 is 1.27 bits per heavy atom. The van der Waals surface area contributed by atoms with Crippen LogP contribution in [0.2, 0.25) is 0 Å². The van der Waals surface area contributed by atoms with Gasteiger partial charge in [0.05, 0.1) is 5.60 Å². The summed E-state index contributed by atoms with van der Waals surface area (Å²) < 4.78 is 27.9. The molecule has 2 nitrogen and oxygen atoms in total. The second kappa shape index (κ2) is 4.57. The third-order valence-electron chi connectivity index (χ3n) is 1.79. The summed E-state index contributed by atoms with van der Waals surface area (Å²) in [6.45, 7) is 0.581. The van der Waals surface area contributed by atoms with Crippen molar-refractivity contribution in [3.05, 3.63) is 29.8 Å². The maximum Gasteiger partial charge on any atom is 0.387 e. The van der Waals surface area contributed by atoms with Gasteiger partial charge >= 0.3 is 6.61 Å². The molecule has 0 bridgehead atoms. The zero-order chi connectivity index (χ0) is 11.5. The van der Waals surface area contributed by atoms with Crippen molar-refractivity contribution in [3.63, 3.8) is 0 Å². The van der Waals surface area contributed by atoms with Gasteiger partial charge in [-0.05, 0) is 31.5 Å². The van der Waals surface area contributed by atoms with E-state index in [1.54, 1.807) is 26.0 Å². The molecule has 1 aromatic rings. The lowest BCUT2D eigenvalue weighted by Gasteiger charge is -2.17. The summed E-state index contributed by atoms with van der Waals surface area (Å²) in [6, 6.07) is 6.26. The number of alkyl halides is 2. The van der Waals surface area contributed by atoms with Crippen LogP contribution in [0, 0.1) is 0 Å². The van der Waals surface area contributed by atoms with Crippen LogP contribution < -0.4 is 4.74 Å². The van der Waals surface area contributed by atoms with Gasteiger partial charge in [-0.3, -0.25) is 0 Å². The molecule has 0 atom stereocenters. The van der Waals surface area contributed by atoms with E-state index in [1.165, 1.54) is 12.1 Å². The second-order valence-electron chi connectivity index (χ2n) is 4.01. The number of ether oxygens (including phenoxy) is 1. The molecule has 15 heavy (non-hydrogen) atoms. The molecule has 0 aliphatic rings. The van der Waals surface area contributed by atoms with Crippen LogP contribution in [0.3, 0.4) is 0 Å². The minimum Gasteiger partial charge on any atom is -0.435 e. The molecule has 0 aliphatic heterocycles. The van der Waals surface area contributed by atoms with Gasteiger partial charge in [0.2, 0.25) is 0 Å². The smallest absolute Gasteiger partial charge is 0.387 e. The Bertz CT molecular complexity index is 301. The van der Waals surface area contributed by atoms with E-state index in [0.29, 0.717) is 6.42 Å². The zero-order valence-electron chi connectivity index (χ0n) is 8.71. The first-order valence-corrected chi connectivity index (χ1v) is 4.63. The molecule has 0 saturated heterocycles. The van der Waals surface area contributed by atoms with E-state index >= 15 is 0 Å². The quantitative estimate of drug-likeness (QED) is 0.838. The van der Waals surface area contributed by atoms with E-state index < -0.39 is 12.2 Å². The van der Waals surface area contributed by atoms with Crippen molar-refractivity contribution in [2.24, 2.45) is 0 Å². The Morgan fingerprint density at radius 2 is 1.80 bits per heavy atom. The molecule has 0 saturated carbocycles. The third kappa shape index (κ3) is 4.74. The highest BCUT2D eigenvalue weighted by Gasteiger charge is 2.13. The highest BCUT2D eigenvalue weighted by Crippen LogP contribution is 2.18. The van der Waals surface area contributed by atoms with Gasteiger partial charge in [0.25, 0.3) is 0 Å². The van der Waals surface area contributed by atoms with Crippen molar-refractivity contribution in [2.75, 3.05) is 0 Å². The van der Waals surface area contributed by atoms with Gasteiger partial charge < -0.3 is 9.84 Å². The number of benzene rings is 1. The predicted octanol–water partition coefficient (Wildman–Crippen LogP) is 2.60. The van der Waals surface area contributed by atoms with E-state index in [4.69, 9.17) is 0 Å². The van der Waals surface area contributed by atoms with Crippen molar-refractivity contribution >= 4 is 0 Å². The normalized spacial score (nSPS) is 11.9. The number of rotatable bonds is 4. The average Bonchev–Trinajstić information content (AvgIpc) is 2.05. The fourth-order valence-corrected chi connectivity index (χ4v) is 1.29. The lowest BCUT2D eigenvalue weighted by molar-refractivity contribution is -0.0498. The van der Waals surface area contributed by atoms with Crippen molar-refractivity contribution in [3.8, 4) is 5.75 Å². The highest BCUT2D eigenvalue weighted by molar-refractivity contribution is 5.28. The summed E-state index contributed by atoms with van der Waals surface area (Å²) >= 11 is 0. The van der Waals surface area contributed by atoms with E-state index in [2.05, 4.69) is 4.74 Å². The molecule has 0 amide bonds. The van der Waals surface area contributed by atoms with Gasteiger partial charge in [0, 0.05) is 6.42 Å². The van der Waals surface area contributed by atoms with Crippen LogP contribution in [-0.2, 0) is 6.42 Å². The first-order chi connectivity index (χ1) is 6.87. The Balaban J connectivity index is 2.64. The third-order valence-corrected chi connectivity index (χ3v) is 1.79. The maximum absolute atomic E-state index is 11.8. The predicted molar refractivity (Wildman–Crippen MR) is 53.1 cm³/mol. The fraction of sp³-hybridized carbons (Fsp3) is 0.455. The molecule has 0 aliphatic carbocycles. The summed E-state index contributed by atoms with van der Waals surface area (Å²) in [5, 5.41) is 9.53. The van der Waals surface area contributed by atoms with Crippen molar-refractivity contribution in [1.82, 2.24) is 0 Å². The van der Waals surface area contributed by atoms with Gasteiger partial charge in [0.15, 0.2) is 0 Å². The zero-order valence-corrected chi connectivity index (χ0v) is 8.71. The highest BCUT2D eigenvalue weighted by atomic mass is 19.3. The first kappa shape index (κ1) is 11.9. The summed E-state index contributed by atoms with van der Waals surface area (Å²) in [5.41, 5.74) is 0.0783. The minimum atomic E-state index is -2.80. The standard InChI is InChI=1S/C11H14F2O2/c1-11(2,14)7-8-3-5-9(6-4-8)15-10(12)13/h3-6,10,14H,7H2,1-2H3. The second-order valence-corrected chi connectivity index (χ2v) is 4.01. The fourth-order valence-electron chi connectivity index (χ4n) is 1.29. The van der Waals surface area contributed by atoms with Gasteiger partial charge in [-0.15, -0.1) is 0 Å². The minimum absolute atomic E-state index is 0.129. The molecule has 0 aromatic heterocycles. The Labute approximate surface area is 87.5 Å². The number of halogens is 2. The van der Waals surface area contributed by atoms with Crippen molar-refractivity contribution < 1.29 is 18.6 Å². The molecule has 4 heteroatoms. The maximum atomic E-state index is 11.8.